The van der Waals surface area contributed by atoms with Gasteiger partial charge >= 0.3 is 12.1 Å². The van der Waals surface area contributed by atoms with Crippen molar-refractivity contribution in [1.29, 1.82) is 0 Å². The molecule has 0 saturated carbocycles. The van der Waals surface area contributed by atoms with Gasteiger partial charge in [0.15, 0.2) is 0 Å². The van der Waals surface area contributed by atoms with Gasteiger partial charge in [0, 0.05) is 12.6 Å². The summed E-state index contributed by atoms with van der Waals surface area (Å²) in [4.78, 5) is 23.0. The average Bonchev–Trinajstić information content (AvgIpc) is 2.33. The molecule has 0 aliphatic carbocycles. The number of nitrogens with one attached hydrogen (secondary N) is 2. The Hall–Kier alpha value is -1.30. The molecule has 2 unspecified atom stereocenters. The van der Waals surface area contributed by atoms with E-state index in [0.717, 1.165) is 12.8 Å². The average molecular weight is 288 g/mol. The number of ether oxygens (including phenoxy) is 2. The fraction of sp³-hybridized carbons (Fsp3) is 0.857. The third-order valence-electron chi connectivity index (χ3n) is 2.57. The van der Waals surface area contributed by atoms with Crippen LogP contribution in [0.25, 0.3) is 0 Å². The second-order valence-electron chi connectivity index (χ2n) is 5.78. The molecule has 0 aromatic rings. The van der Waals surface area contributed by atoms with Gasteiger partial charge in [0.05, 0.1) is 7.11 Å². The Bertz CT molecular complexity index is 313. The van der Waals surface area contributed by atoms with Gasteiger partial charge in [-0.25, -0.2) is 4.79 Å². The van der Waals surface area contributed by atoms with Crippen molar-refractivity contribution in [3.63, 3.8) is 0 Å². The Morgan fingerprint density at radius 1 is 1.25 bits per heavy atom. The van der Waals surface area contributed by atoms with Gasteiger partial charge in [-0.3, -0.25) is 4.79 Å². The van der Waals surface area contributed by atoms with E-state index in [0.29, 0.717) is 6.54 Å². The molecule has 2 atom stereocenters. The van der Waals surface area contributed by atoms with Gasteiger partial charge in [0.25, 0.3) is 0 Å². The number of amides is 1. The van der Waals surface area contributed by atoms with Gasteiger partial charge in [-0.1, -0.05) is 13.3 Å². The van der Waals surface area contributed by atoms with Crippen LogP contribution < -0.4 is 10.6 Å². The zero-order valence-corrected chi connectivity index (χ0v) is 13.4. The molecule has 0 aromatic heterocycles. The minimum atomic E-state index is -0.517. The number of hydrogen-bond acceptors (Lipinski definition) is 5. The van der Waals surface area contributed by atoms with E-state index in [2.05, 4.69) is 15.4 Å². The maximum atomic E-state index is 11.6. The molecule has 0 aliphatic heterocycles. The van der Waals surface area contributed by atoms with E-state index in [4.69, 9.17) is 4.74 Å². The summed E-state index contributed by atoms with van der Waals surface area (Å²) < 4.78 is 9.84. The zero-order chi connectivity index (χ0) is 15.8. The molecule has 0 aromatic carbocycles. The van der Waals surface area contributed by atoms with Crippen LogP contribution in [-0.4, -0.2) is 43.4 Å². The summed E-state index contributed by atoms with van der Waals surface area (Å²) in [5.74, 6) is -0.316. The number of carbonyl (C=O) groups is 2. The van der Waals surface area contributed by atoms with Crippen LogP contribution in [0.2, 0.25) is 0 Å². The summed E-state index contributed by atoms with van der Waals surface area (Å²) in [5.41, 5.74) is -0.517. The minimum absolute atomic E-state index is 0.00150. The van der Waals surface area contributed by atoms with Crippen LogP contribution in [0, 0.1) is 0 Å². The minimum Gasteiger partial charge on any atom is -0.468 e. The molecule has 118 valence electrons. The molecule has 0 saturated heterocycles. The third-order valence-corrected chi connectivity index (χ3v) is 2.57. The highest BCUT2D eigenvalue weighted by Crippen LogP contribution is 2.06. The first-order valence-electron chi connectivity index (χ1n) is 7.00. The van der Waals surface area contributed by atoms with Gasteiger partial charge in [0.1, 0.15) is 11.6 Å². The monoisotopic (exact) mass is 288 g/mol. The van der Waals surface area contributed by atoms with Crippen LogP contribution in [-0.2, 0) is 14.3 Å². The number of hydrogen-bond donors (Lipinski definition) is 2. The summed E-state index contributed by atoms with van der Waals surface area (Å²) in [6.07, 6.45) is 1.34. The SMILES string of the molecule is CCCC(CNC(=O)OC(C)(C)C)NC(C)C(=O)OC. The first kappa shape index (κ1) is 18.7. The Morgan fingerprint density at radius 3 is 2.30 bits per heavy atom. The lowest BCUT2D eigenvalue weighted by Crippen LogP contribution is -2.48. The van der Waals surface area contributed by atoms with E-state index in [1.54, 1.807) is 6.92 Å². The second kappa shape index (κ2) is 8.79. The molecule has 20 heavy (non-hydrogen) atoms. The molecule has 0 radical (unpaired) electrons. The normalized spacial score (nSPS) is 14.3. The predicted molar refractivity (Wildman–Crippen MR) is 77.5 cm³/mol. The molecule has 0 fully saturated rings. The molecule has 0 rings (SSSR count). The third kappa shape index (κ3) is 8.74. The lowest BCUT2D eigenvalue weighted by Gasteiger charge is -2.24. The van der Waals surface area contributed by atoms with Crippen molar-refractivity contribution in [3.8, 4) is 0 Å². The fourth-order valence-electron chi connectivity index (χ4n) is 1.71. The topological polar surface area (TPSA) is 76.7 Å². The Kier molecular flexibility index (Phi) is 8.22. The second-order valence-corrected chi connectivity index (χ2v) is 5.78. The quantitative estimate of drug-likeness (QED) is 0.699. The van der Waals surface area contributed by atoms with E-state index in [1.165, 1.54) is 7.11 Å². The Labute approximate surface area is 121 Å². The van der Waals surface area contributed by atoms with E-state index in [9.17, 15) is 9.59 Å². The first-order valence-corrected chi connectivity index (χ1v) is 7.00. The largest absolute Gasteiger partial charge is 0.468 e. The Balaban J connectivity index is 4.27. The summed E-state index contributed by atoms with van der Waals surface area (Å²) in [6, 6.07) is -0.404. The van der Waals surface area contributed by atoms with Crippen LogP contribution in [0.3, 0.4) is 0 Å². The van der Waals surface area contributed by atoms with E-state index < -0.39 is 17.7 Å². The molecule has 0 bridgehead atoms. The zero-order valence-electron chi connectivity index (χ0n) is 13.4. The lowest BCUT2D eigenvalue weighted by atomic mass is 10.1. The standard InChI is InChI=1S/C14H28N2O4/c1-7-8-11(16-10(2)12(17)19-6)9-15-13(18)20-14(3,4)5/h10-11,16H,7-9H2,1-6H3,(H,15,18). The van der Waals surface area contributed by atoms with Gasteiger partial charge in [0.2, 0.25) is 0 Å². The molecule has 6 nitrogen and oxygen atoms in total. The van der Waals surface area contributed by atoms with Crippen LogP contribution in [0.4, 0.5) is 4.79 Å². The summed E-state index contributed by atoms with van der Waals surface area (Å²) in [5, 5.41) is 5.85. The summed E-state index contributed by atoms with van der Waals surface area (Å²) >= 11 is 0. The maximum absolute atomic E-state index is 11.6. The van der Waals surface area contributed by atoms with Crippen LogP contribution in [0.15, 0.2) is 0 Å². The van der Waals surface area contributed by atoms with Crippen molar-refractivity contribution in [1.82, 2.24) is 10.6 Å². The fourth-order valence-corrected chi connectivity index (χ4v) is 1.71. The molecular weight excluding hydrogens is 260 g/mol. The van der Waals surface area contributed by atoms with Gasteiger partial charge in [-0.2, -0.15) is 0 Å². The van der Waals surface area contributed by atoms with Gasteiger partial charge < -0.3 is 20.1 Å². The van der Waals surface area contributed by atoms with E-state index in [-0.39, 0.29) is 12.0 Å². The number of alkyl carbamates (subject to hydrolysis) is 1. The number of esters is 1. The number of rotatable bonds is 7. The highest BCUT2D eigenvalue weighted by molar-refractivity contribution is 5.75. The van der Waals surface area contributed by atoms with Gasteiger partial charge in [-0.15, -0.1) is 0 Å². The summed E-state index contributed by atoms with van der Waals surface area (Å²) in [7, 11) is 1.36. The molecule has 0 aliphatic rings. The van der Waals surface area contributed by atoms with Crippen LogP contribution in [0.5, 0.6) is 0 Å². The highest BCUT2D eigenvalue weighted by atomic mass is 16.6. The highest BCUT2D eigenvalue weighted by Gasteiger charge is 2.20. The number of methoxy groups -OCH3 is 1. The smallest absolute Gasteiger partial charge is 0.407 e. The molecule has 6 heteroatoms. The molecule has 2 N–H and O–H groups in total. The van der Waals surface area contributed by atoms with Crippen LogP contribution >= 0.6 is 0 Å². The van der Waals surface area contributed by atoms with Crippen molar-refractivity contribution in [2.75, 3.05) is 13.7 Å². The van der Waals surface area contributed by atoms with Crippen molar-refractivity contribution < 1.29 is 19.1 Å². The molecule has 0 heterocycles. The van der Waals surface area contributed by atoms with Crippen molar-refractivity contribution >= 4 is 12.1 Å². The summed E-state index contributed by atoms with van der Waals surface area (Å²) in [6.45, 7) is 9.63. The van der Waals surface area contributed by atoms with Crippen molar-refractivity contribution in [2.24, 2.45) is 0 Å². The van der Waals surface area contributed by atoms with E-state index >= 15 is 0 Å². The van der Waals surface area contributed by atoms with Gasteiger partial charge in [-0.05, 0) is 34.1 Å². The van der Waals surface area contributed by atoms with E-state index in [1.807, 2.05) is 27.7 Å². The predicted octanol–water partition coefficient (Wildman–Crippen LogP) is 1.83. The first-order chi connectivity index (χ1) is 9.19. The lowest BCUT2D eigenvalue weighted by molar-refractivity contribution is -0.142. The molecular formula is C14H28N2O4. The Morgan fingerprint density at radius 2 is 1.85 bits per heavy atom. The van der Waals surface area contributed by atoms with Crippen LogP contribution in [0.1, 0.15) is 47.5 Å². The molecule has 0 spiro atoms. The van der Waals surface area contributed by atoms with Crippen molar-refractivity contribution in [2.45, 2.75) is 65.1 Å². The maximum Gasteiger partial charge on any atom is 0.407 e. The van der Waals surface area contributed by atoms with Crippen molar-refractivity contribution in [3.05, 3.63) is 0 Å². The number of carbonyl (C=O) groups excluding carboxylic acids is 2. The molecule has 1 amide bonds.